The average Bonchev–Trinajstić information content (AvgIpc) is 2.18. The Bertz CT molecular complexity index is 177. The molecule has 0 aromatic heterocycles. The summed E-state index contributed by atoms with van der Waals surface area (Å²) in [4.78, 5) is 11.2. The van der Waals surface area contributed by atoms with Crippen LogP contribution in [0.15, 0.2) is 0 Å². The van der Waals surface area contributed by atoms with E-state index in [0.717, 1.165) is 12.8 Å². The third-order valence-electron chi connectivity index (χ3n) is 2.60. The van der Waals surface area contributed by atoms with Gasteiger partial charge in [-0.25, -0.2) is 0 Å². The van der Waals surface area contributed by atoms with E-state index in [1.54, 1.807) is 6.26 Å². The van der Waals surface area contributed by atoms with E-state index >= 15 is 0 Å². The number of thioether (sulfide) groups is 1. The monoisotopic (exact) mass is 221 g/mol. The number of carbonyl (C=O) groups excluding carboxylic acids is 1. The van der Waals surface area contributed by atoms with Gasteiger partial charge in [-0.2, -0.15) is 0 Å². The van der Waals surface area contributed by atoms with Gasteiger partial charge in [-0.15, -0.1) is 11.6 Å². The second-order valence-electron chi connectivity index (χ2n) is 3.44. The van der Waals surface area contributed by atoms with Crippen LogP contribution in [0.4, 0.5) is 4.79 Å². The number of halogens is 1. The summed E-state index contributed by atoms with van der Waals surface area (Å²) in [5.74, 6) is 1.14. The lowest BCUT2D eigenvalue weighted by Crippen LogP contribution is -2.41. The highest BCUT2D eigenvalue weighted by Gasteiger charge is 2.25. The summed E-state index contributed by atoms with van der Waals surface area (Å²) in [6, 6.07) is 0.311. The van der Waals surface area contributed by atoms with Crippen LogP contribution in [0.2, 0.25) is 0 Å². The lowest BCUT2D eigenvalue weighted by atomic mass is 9.86. The van der Waals surface area contributed by atoms with Gasteiger partial charge in [0.25, 0.3) is 5.24 Å². The van der Waals surface area contributed by atoms with Crippen LogP contribution in [0.1, 0.15) is 25.7 Å². The second kappa shape index (κ2) is 5.76. The van der Waals surface area contributed by atoms with Crippen molar-refractivity contribution in [1.82, 2.24) is 5.32 Å². The molecule has 2 nitrogen and oxygen atoms in total. The quantitative estimate of drug-likeness (QED) is 0.727. The van der Waals surface area contributed by atoms with E-state index in [-0.39, 0.29) is 5.24 Å². The molecule has 0 aromatic carbocycles. The molecule has 0 unspecified atom stereocenters. The van der Waals surface area contributed by atoms with E-state index in [1.807, 2.05) is 0 Å². The van der Waals surface area contributed by atoms with Crippen LogP contribution < -0.4 is 5.32 Å². The van der Waals surface area contributed by atoms with Gasteiger partial charge in [0.1, 0.15) is 0 Å². The third-order valence-corrected chi connectivity index (χ3v) is 3.48. The van der Waals surface area contributed by atoms with Crippen molar-refractivity contribution in [2.75, 3.05) is 12.1 Å². The van der Waals surface area contributed by atoms with Gasteiger partial charge < -0.3 is 5.32 Å². The molecule has 13 heavy (non-hydrogen) atoms. The second-order valence-corrected chi connectivity index (χ2v) is 4.53. The molecule has 1 fully saturated rings. The van der Waals surface area contributed by atoms with Crippen LogP contribution in [0.3, 0.4) is 0 Å². The molecule has 0 saturated heterocycles. The summed E-state index contributed by atoms with van der Waals surface area (Å²) in [5.41, 5.74) is 0. The van der Waals surface area contributed by atoms with Gasteiger partial charge in [-0.3, -0.25) is 4.79 Å². The Hall–Kier alpha value is 0.110. The van der Waals surface area contributed by atoms with Gasteiger partial charge in [-0.1, -0.05) is 24.6 Å². The Morgan fingerprint density at radius 3 is 2.85 bits per heavy atom. The fourth-order valence-electron chi connectivity index (χ4n) is 1.79. The molecule has 0 aliphatic heterocycles. The van der Waals surface area contributed by atoms with Gasteiger partial charge in [0, 0.05) is 11.9 Å². The maximum atomic E-state index is 11.2. The smallest absolute Gasteiger partial charge is 0.279 e. The average molecular weight is 222 g/mol. The molecule has 1 N–H and O–H groups in total. The minimum atomic E-state index is 0.0713. The van der Waals surface area contributed by atoms with Crippen molar-refractivity contribution < 1.29 is 4.79 Å². The zero-order valence-corrected chi connectivity index (χ0v) is 9.46. The van der Waals surface area contributed by atoms with Gasteiger partial charge in [0.15, 0.2) is 0 Å². The van der Waals surface area contributed by atoms with E-state index in [2.05, 4.69) is 5.32 Å². The van der Waals surface area contributed by atoms with Gasteiger partial charge in [0.05, 0.1) is 0 Å². The zero-order valence-electron chi connectivity index (χ0n) is 7.88. The number of hydrogen-bond acceptors (Lipinski definition) is 2. The Morgan fingerprint density at radius 2 is 2.23 bits per heavy atom. The van der Waals surface area contributed by atoms with E-state index in [9.17, 15) is 4.79 Å². The predicted octanol–water partition coefficient (Wildman–Crippen LogP) is 2.86. The molecule has 76 valence electrons. The van der Waals surface area contributed by atoms with Crippen LogP contribution in [0.25, 0.3) is 0 Å². The summed E-state index contributed by atoms with van der Waals surface area (Å²) < 4.78 is 0. The topological polar surface area (TPSA) is 29.1 Å². The molecule has 4 heteroatoms. The van der Waals surface area contributed by atoms with Crippen LogP contribution in [-0.2, 0) is 0 Å². The Balaban J connectivity index is 2.40. The largest absolute Gasteiger partial charge is 0.344 e. The highest BCUT2D eigenvalue weighted by molar-refractivity contribution is 8.12. The molecule has 1 aliphatic rings. The van der Waals surface area contributed by atoms with Gasteiger partial charge in [-0.05, 0) is 25.0 Å². The first kappa shape index (κ1) is 11.2. The van der Waals surface area contributed by atoms with Crippen molar-refractivity contribution in [3.05, 3.63) is 0 Å². The molecule has 0 radical (unpaired) electrons. The molecule has 0 spiro atoms. The van der Waals surface area contributed by atoms with Crippen molar-refractivity contribution >= 4 is 28.6 Å². The minimum absolute atomic E-state index is 0.0713. The molecule has 1 saturated carbocycles. The normalized spacial score (nSPS) is 28.5. The molecule has 1 amide bonds. The van der Waals surface area contributed by atoms with Crippen molar-refractivity contribution in [3.63, 3.8) is 0 Å². The number of rotatable bonds is 2. The number of nitrogens with one attached hydrogen (secondary N) is 1. The Labute approximate surface area is 88.8 Å². The maximum Gasteiger partial charge on any atom is 0.279 e. The molecule has 1 rings (SSSR count). The molecule has 1 aliphatic carbocycles. The summed E-state index contributed by atoms with van der Waals surface area (Å²) in [6.45, 7) is 0. The van der Waals surface area contributed by atoms with Crippen molar-refractivity contribution in [1.29, 1.82) is 0 Å². The first-order valence-corrected chi connectivity index (χ1v) is 6.44. The fraction of sp³-hybridized carbons (Fsp3) is 0.889. The lowest BCUT2D eigenvalue weighted by Gasteiger charge is -2.30. The fourth-order valence-corrected chi connectivity index (χ4v) is 2.43. The highest BCUT2D eigenvalue weighted by atomic mass is 35.5. The maximum absolute atomic E-state index is 11.2. The molecule has 0 aromatic rings. The SMILES string of the molecule is CSC(=O)N[C@@H]1CCCC[C@@H]1CCl. The summed E-state index contributed by atoms with van der Waals surface area (Å²) >= 11 is 7.08. The van der Waals surface area contributed by atoms with Crippen LogP contribution in [-0.4, -0.2) is 23.4 Å². The predicted molar refractivity (Wildman–Crippen MR) is 58.5 cm³/mol. The summed E-state index contributed by atoms with van der Waals surface area (Å²) in [7, 11) is 0. The summed E-state index contributed by atoms with van der Waals surface area (Å²) in [5, 5.41) is 3.08. The van der Waals surface area contributed by atoms with Gasteiger partial charge in [0.2, 0.25) is 0 Å². The molecular weight excluding hydrogens is 206 g/mol. The highest BCUT2D eigenvalue weighted by Crippen LogP contribution is 2.25. The van der Waals surface area contributed by atoms with E-state index < -0.39 is 0 Å². The third kappa shape index (κ3) is 3.39. The zero-order chi connectivity index (χ0) is 9.68. The number of carbonyl (C=O) groups is 1. The van der Waals surface area contributed by atoms with Crippen LogP contribution in [0, 0.1) is 5.92 Å². The Morgan fingerprint density at radius 1 is 1.54 bits per heavy atom. The van der Waals surface area contributed by atoms with E-state index in [0.29, 0.717) is 17.8 Å². The number of alkyl halides is 1. The van der Waals surface area contributed by atoms with Crippen LogP contribution >= 0.6 is 23.4 Å². The van der Waals surface area contributed by atoms with E-state index in [4.69, 9.17) is 11.6 Å². The number of hydrogen-bond donors (Lipinski definition) is 1. The van der Waals surface area contributed by atoms with Gasteiger partial charge >= 0.3 is 0 Å². The van der Waals surface area contributed by atoms with E-state index in [1.165, 1.54) is 24.6 Å². The molecular formula is C9H16ClNOS. The first-order chi connectivity index (χ1) is 6.27. The molecule has 0 bridgehead atoms. The molecule has 2 atom stereocenters. The first-order valence-electron chi connectivity index (χ1n) is 4.68. The van der Waals surface area contributed by atoms with Crippen molar-refractivity contribution in [2.45, 2.75) is 31.7 Å². The minimum Gasteiger partial charge on any atom is -0.344 e. The van der Waals surface area contributed by atoms with Crippen molar-refractivity contribution in [2.24, 2.45) is 5.92 Å². The van der Waals surface area contributed by atoms with Crippen LogP contribution in [0.5, 0.6) is 0 Å². The number of amides is 1. The Kier molecular flexibility index (Phi) is 4.96. The molecule has 0 heterocycles. The van der Waals surface area contributed by atoms with Crippen molar-refractivity contribution in [3.8, 4) is 0 Å². The lowest BCUT2D eigenvalue weighted by molar-refractivity contribution is 0.242. The standard InChI is InChI=1S/C9H16ClNOS/c1-13-9(12)11-8-5-3-2-4-7(8)6-10/h7-8H,2-6H2,1H3,(H,11,12)/t7-,8-/m1/s1. The summed E-state index contributed by atoms with van der Waals surface area (Å²) in [6.07, 6.45) is 6.51.